The molecular formula is C23H18O7. The third-order valence-corrected chi connectivity index (χ3v) is 4.56. The number of aliphatic hydroxyl groups is 4. The fourth-order valence-electron chi connectivity index (χ4n) is 2.89. The molecule has 2 aromatic rings. The molecule has 0 fully saturated rings. The van der Waals surface area contributed by atoms with Gasteiger partial charge in [-0.3, -0.25) is 14.4 Å². The first kappa shape index (κ1) is 21.1. The monoisotopic (exact) mass is 406 g/mol. The quantitative estimate of drug-likeness (QED) is 0.339. The Balaban J connectivity index is 0.000000184. The molecular weight excluding hydrogens is 388 g/mol. The van der Waals surface area contributed by atoms with Crippen LogP contribution in [0.5, 0.6) is 0 Å². The van der Waals surface area contributed by atoms with Crippen molar-refractivity contribution in [2.45, 2.75) is 11.9 Å². The van der Waals surface area contributed by atoms with Crippen LogP contribution in [0.4, 0.5) is 0 Å². The molecule has 7 heteroatoms. The average molecular weight is 406 g/mol. The zero-order valence-electron chi connectivity index (χ0n) is 15.6. The summed E-state index contributed by atoms with van der Waals surface area (Å²) in [6, 6.07) is 15.3. The first-order chi connectivity index (χ1) is 14.2. The Kier molecular flexibility index (Phi) is 5.89. The number of carbonyl (C=O) groups is 3. The van der Waals surface area contributed by atoms with E-state index in [0.717, 1.165) is 17.7 Å². The molecule has 1 atom stereocenters. The van der Waals surface area contributed by atoms with Crippen LogP contribution < -0.4 is 0 Å². The van der Waals surface area contributed by atoms with Gasteiger partial charge in [0.15, 0.2) is 11.9 Å². The summed E-state index contributed by atoms with van der Waals surface area (Å²) in [5.74, 6) is -4.66. The van der Waals surface area contributed by atoms with E-state index in [-0.39, 0.29) is 5.57 Å². The Morgan fingerprint density at radius 3 is 2.20 bits per heavy atom. The fourth-order valence-corrected chi connectivity index (χ4v) is 2.89. The summed E-state index contributed by atoms with van der Waals surface area (Å²) in [5, 5.41) is 37.7. The second-order valence-electron chi connectivity index (χ2n) is 6.63. The molecule has 30 heavy (non-hydrogen) atoms. The van der Waals surface area contributed by atoms with Crippen molar-refractivity contribution in [3.8, 4) is 0 Å². The van der Waals surface area contributed by atoms with Crippen LogP contribution >= 0.6 is 0 Å². The van der Waals surface area contributed by atoms with Crippen LogP contribution in [0.2, 0.25) is 0 Å². The summed E-state index contributed by atoms with van der Waals surface area (Å²) in [4.78, 5) is 34.2. The summed E-state index contributed by atoms with van der Waals surface area (Å²) < 4.78 is 0. The van der Waals surface area contributed by atoms with E-state index in [4.69, 9.17) is 0 Å². The normalized spacial score (nSPS) is 19.1. The lowest BCUT2D eigenvalue weighted by molar-refractivity contribution is -0.186. The molecule has 0 heterocycles. The van der Waals surface area contributed by atoms with Crippen LogP contribution in [-0.4, -0.2) is 49.7 Å². The molecule has 4 rings (SSSR count). The van der Waals surface area contributed by atoms with E-state index < -0.39 is 35.0 Å². The molecule has 0 saturated heterocycles. The van der Waals surface area contributed by atoms with Crippen molar-refractivity contribution in [1.29, 1.82) is 0 Å². The van der Waals surface area contributed by atoms with Gasteiger partial charge in [0.05, 0.1) is 5.57 Å². The van der Waals surface area contributed by atoms with E-state index in [1.54, 1.807) is 48.5 Å². The van der Waals surface area contributed by atoms with Crippen LogP contribution in [0.1, 0.15) is 26.3 Å². The lowest BCUT2D eigenvalue weighted by Crippen LogP contribution is -2.44. The smallest absolute Gasteiger partial charge is 0.233 e. The van der Waals surface area contributed by atoms with Gasteiger partial charge in [-0.25, -0.2) is 0 Å². The zero-order chi connectivity index (χ0) is 21.9. The minimum Gasteiger partial charge on any atom is -0.509 e. The highest BCUT2D eigenvalue weighted by Gasteiger charge is 2.39. The summed E-state index contributed by atoms with van der Waals surface area (Å²) >= 11 is 0. The van der Waals surface area contributed by atoms with Crippen molar-refractivity contribution in [2.24, 2.45) is 0 Å². The second kappa shape index (κ2) is 8.38. The second-order valence-corrected chi connectivity index (χ2v) is 6.63. The molecule has 2 aliphatic rings. The SMILES string of the molecule is O=C(C1=C(O)C(O)C(O)(O)C=C1)c1ccccc1.O=C1C=Cc2ccccc2C1=O. The summed E-state index contributed by atoms with van der Waals surface area (Å²) in [5.41, 5.74) is 1.50. The number of Topliss-reactive ketones (excluding diaryl/α,β-unsaturated/α-hetero) is 2. The maximum Gasteiger partial charge on any atom is 0.233 e. The molecule has 0 radical (unpaired) electrons. The van der Waals surface area contributed by atoms with Crippen molar-refractivity contribution < 1.29 is 34.8 Å². The first-order valence-electron chi connectivity index (χ1n) is 8.93. The lowest BCUT2D eigenvalue weighted by Gasteiger charge is -2.27. The van der Waals surface area contributed by atoms with E-state index in [0.29, 0.717) is 11.1 Å². The molecule has 2 aliphatic carbocycles. The Morgan fingerprint density at radius 2 is 1.50 bits per heavy atom. The summed E-state index contributed by atoms with van der Waals surface area (Å²) in [7, 11) is 0. The molecule has 7 nitrogen and oxygen atoms in total. The maximum atomic E-state index is 12.0. The van der Waals surface area contributed by atoms with Gasteiger partial charge in [0.25, 0.3) is 0 Å². The number of aliphatic hydroxyl groups excluding tert-OH is 2. The predicted molar refractivity (Wildman–Crippen MR) is 108 cm³/mol. The van der Waals surface area contributed by atoms with Gasteiger partial charge in [-0.15, -0.1) is 0 Å². The Hall–Kier alpha value is -3.65. The number of ketones is 3. The summed E-state index contributed by atoms with van der Waals surface area (Å²) in [6.07, 6.45) is 2.97. The topological polar surface area (TPSA) is 132 Å². The standard InChI is InChI=1S/C13H12O5.C10H6O2/c14-10(8-4-2-1-3-5-8)9-6-7-13(17,18)12(16)11(9)15;11-9-6-5-7-3-1-2-4-8(7)10(9)12/h1-7,12,15-18H;1-6H. The third kappa shape index (κ3) is 4.18. The molecule has 152 valence electrons. The fraction of sp³-hybridized carbons (Fsp3) is 0.0870. The Labute approximate surface area is 171 Å². The van der Waals surface area contributed by atoms with E-state index >= 15 is 0 Å². The third-order valence-electron chi connectivity index (χ3n) is 4.56. The van der Waals surface area contributed by atoms with Gasteiger partial charge in [0, 0.05) is 11.1 Å². The molecule has 0 amide bonds. The minimum absolute atomic E-state index is 0.160. The molecule has 4 N–H and O–H groups in total. The number of fused-ring (bicyclic) bond motifs is 1. The number of hydrogen-bond donors (Lipinski definition) is 4. The van der Waals surface area contributed by atoms with Crippen molar-refractivity contribution >= 4 is 23.4 Å². The number of benzene rings is 2. The van der Waals surface area contributed by atoms with E-state index in [2.05, 4.69) is 0 Å². The van der Waals surface area contributed by atoms with E-state index in [1.807, 2.05) is 12.1 Å². The minimum atomic E-state index is -2.56. The zero-order valence-corrected chi connectivity index (χ0v) is 15.6. The first-order valence-corrected chi connectivity index (χ1v) is 8.93. The lowest BCUT2D eigenvalue weighted by atomic mass is 9.92. The highest BCUT2D eigenvalue weighted by atomic mass is 16.5. The average Bonchev–Trinajstić information content (AvgIpc) is 2.76. The van der Waals surface area contributed by atoms with Gasteiger partial charge in [0.2, 0.25) is 17.4 Å². The van der Waals surface area contributed by atoms with Crippen LogP contribution in [0.15, 0.2) is 84.2 Å². The molecule has 0 saturated carbocycles. The van der Waals surface area contributed by atoms with Crippen LogP contribution in [0.3, 0.4) is 0 Å². The highest BCUT2D eigenvalue weighted by Crippen LogP contribution is 2.26. The van der Waals surface area contributed by atoms with Gasteiger partial charge in [-0.2, -0.15) is 0 Å². The number of rotatable bonds is 2. The van der Waals surface area contributed by atoms with E-state index in [1.165, 1.54) is 6.08 Å². The van der Waals surface area contributed by atoms with Crippen molar-refractivity contribution in [3.05, 3.63) is 101 Å². The molecule has 1 unspecified atom stereocenters. The van der Waals surface area contributed by atoms with Crippen molar-refractivity contribution in [3.63, 3.8) is 0 Å². The Morgan fingerprint density at radius 1 is 0.867 bits per heavy atom. The van der Waals surface area contributed by atoms with Crippen molar-refractivity contribution in [2.75, 3.05) is 0 Å². The molecule has 2 aromatic carbocycles. The molecule has 0 aliphatic heterocycles. The highest BCUT2D eigenvalue weighted by molar-refractivity contribution is 6.49. The van der Waals surface area contributed by atoms with Crippen LogP contribution in [0.25, 0.3) is 6.08 Å². The van der Waals surface area contributed by atoms with E-state index in [9.17, 15) is 34.8 Å². The molecule has 0 bridgehead atoms. The van der Waals surface area contributed by atoms with Gasteiger partial charge in [-0.1, -0.05) is 60.7 Å². The van der Waals surface area contributed by atoms with Crippen molar-refractivity contribution in [1.82, 2.24) is 0 Å². The predicted octanol–water partition coefficient (Wildman–Crippen LogP) is 1.76. The number of allylic oxidation sites excluding steroid dienone is 3. The molecule has 0 aromatic heterocycles. The maximum absolute atomic E-state index is 12.0. The van der Waals surface area contributed by atoms with Gasteiger partial charge in [-0.05, 0) is 23.8 Å². The Bertz CT molecular complexity index is 1090. The molecule has 0 spiro atoms. The van der Waals surface area contributed by atoms with Gasteiger partial charge >= 0.3 is 0 Å². The number of carbonyl (C=O) groups excluding carboxylic acids is 3. The van der Waals surface area contributed by atoms with Gasteiger partial charge in [0.1, 0.15) is 5.76 Å². The summed E-state index contributed by atoms with van der Waals surface area (Å²) in [6.45, 7) is 0. The van der Waals surface area contributed by atoms with Crippen LogP contribution in [0, 0.1) is 0 Å². The van der Waals surface area contributed by atoms with Gasteiger partial charge < -0.3 is 20.4 Å². The largest absolute Gasteiger partial charge is 0.509 e. The number of hydrogen-bond acceptors (Lipinski definition) is 7. The van der Waals surface area contributed by atoms with Crippen LogP contribution in [-0.2, 0) is 4.79 Å².